The quantitative estimate of drug-likeness (QED) is 0.936. The van der Waals surface area contributed by atoms with Gasteiger partial charge in [0.2, 0.25) is 0 Å². The molecule has 1 unspecified atom stereocenters. The van der Waals surface area contributed by atoms with Crippen LogP contribution in [0.2, 0.25) is 0 Å². The average molecular weight is 277 g/mol. The van der Waals surface area contributed by atoms with E-state index in [4.69, 9.17) is 5.73 Å². The maximum Gasteiger partial charge on any atom is 0.0575 e. The third-order valence-electron chi connectivity index (χ3n) is 2.43. The molecule has 0 fully saturated rings. The molecule has 0 spiro atoms. The maximum atomic E-state index is 6.10. The van der Waals surface area contributed by atoms with E-state index in [0.717, 1.165) is 16.6 Å². The summed E-state index contributed by atoms with van der Waals surface area (Å²) in [5.74, 6) is 0. The first-order valence-corrected chi connectivity index (χ1v) is 5.96. The lowest BCUT2D eigenvalue weighted by Crippen LogP contribution is -2.14. The minimum atomic E-state index is -0.0458. The predicted molar refractivity (Wildman–Crippen MR) is 69.0 cm³/mol. The number of benzene rings is 1. The maximum absolute atomic E-state index is 6.10. The second kappa shape index (κ2) is 5.23. The lowest BCUT2D eigenvalue weighted by Gasteiger charge is -2.10. The largest absolute Gasteiger partial charge is 0.322 e. The van der Waals surface area contributed by atoms with Crippen molar-refractivity contribution in [3.05, 3.63) is 64.4 Å². The number of nitrogens with zero attached hydrogens (tertiary/aromatic N) is 1. The molecule has 1 aromatic carbocycles. The molecule has 0 saturated carbocycles. The van der Waals surface area contributed by atoms with Crippen LogP contribution in [0.15, 0.2) is 53.1 Å². The Balaban J connectivity index is 2.09. The van der Waals surface area contributed by atoms with Crippen molar-refractivity contribution in [2.45, 2.75) is 12.5 Å². The number of rotatable bonds is 3. The van der Waals surface area contributed by atoms with Crippen LogP contribution in [0, 0.1) is 0 Å². The smallest absolute Gasteiger partial charge is 0.0575 e. The van der Waals surface area contributed by atoms with E-state index in [0.29, 0.717) is 0 Å². The lowest BCUT2D eigenvalue weighted by atomic mass is 10.0. The Morgan fingerprint density at radius 2 is 1.88 bits per heavy atom. The third kappa shape index (κ3) is 2.90. The standard InChI is InChI=1S/C13H13BrN2/c14-11-6-7-13(16-9-11)12(15)8-10-4-2-1-3-5-10/h1-7,9,12H,8,15H2. The van der Waals surface area contributed by atoms with Crippen LogP contribution in [0.25, 0.3) is 0 Å². The van der Waals surface area contributed by atoms with E-state index in [1.165, 1.54) is 5.56 Å². The Morgan fingerprint density at radius 1 is 1.12 bits per heavy atom. The molecule has 16 heavy (non-hydrogen) atoms. The van der Waals surface area contributed by atoms with Crippen molar-refractivity contribution in [1.29, 1.82) is 0 Å². The molecule has 0 aliphatic heterocycles. The second-order valence-corrected chi connectivity index (χ2v) is 4.61. The van der Waals surface area contributed by atoms with Crippen molar-refractivity contribution in [2.24, 2.45) is 5.73 Å². The number of hydrogen-bond donors (Lipinski definition) is 1. The van der Waals surface area contributed by atoms with Gasteiger partial charge < -0.3 is 5.73 Å². The average Bonchev–Trinajstić information content (AvgIpc) is 2.31. The summed E-state index contributed by atoms with van der Waals surface area (Å²) in [5, 5.41) is 0. The van der Waals surface area contributed by atoms with Crippen molar-refractivity contribution in [3.63, 3.8) is 0 Å². The highest BCUT2D eigenvalue weighted by atomic mass is 79.9. The molecule has 0 saturated heterocycles. The van der Waals surface area contributed by atoms with Crippen LogP contribution in [-0.2, 0) is 6.42 Å². The van der Waals surface area contributed by atoms with E-state index < -0.39 is 0 Å². The first-order chi connectivity index (χ1) is 7.75. The topological polar surface area (TPSA) is 38.9 Å². The van der Waals surface area contributed by atoms with Gasteiger partial charge >= 0.3 is 0 Å². The number of aromatic nitrogens is 1. The van der Waals surface area contributed by atoms with Gasteiger partial charge in [0.1, 0.15) is 0 Å². The van der Waals surface area contributed by atoms with E-state index in [1.54, 1.807) is 6.20 Å². The predicted octanol–water partition coefficient (Wildman–Crippen LogP) is 3.09. The Morgan fingerprint density at radius 3 is 2.50 bits per heavy atom. The van der Waals surface area contributed by atoms with E-state index in [1.807, 2.05) is 30.3 Å². The van der Waals surface area contributed by atoms with E-state index in [2.05, 4.69) is 33.0 Å². The molecule has 1 aromatic heterocycles. The normalized spacial score (nSPS) is 12.4. The van der Waals surface area contributed by atoms with E-state index >= 15 is 0 Å². The van der Waals surface area contributed by atoms with Crippen molar-refractivity contribution in [1.82, 2.24) is 4.98 Å². The lowest BCUT2D eigenvalue weighted by molar-refractivity contribution is 0.696. The van der Waals surface area contributed by atoms with Gasteiger partial charge in [-0.05, 0) is 40.0 Å². The van der Waals surface area contributed by atoms with Crippen LogP contribution in [0.4, 0.5) is 0 Å². The molecule has 1 heterocycles. The zero-order valence-corrected chi connectivity index (χ0v) is 10.4. The SMILES string of the molecule is NC(Cc1ccccc1)c1ccc(Br)cn1. The zero-order valence-electron chi connectivity index (χ0n) is 8.81. The van der Waals surface area contributed by atoms with Crippen molar-refractivity contribution < 1.29 is 0 Å². The summed E-state index contributed by atoms with van der Waals surface area (Å²) in [6.07, 6.45) is 2.59. The first kappa shape index (κ1) is 11.3. The molecule has 1 atom stereocenters. The van der Waals surface area contributed by atoms with Gasteiger partial charge in [-0.3, -0.25) is 4.98 Å². The molecule has 0 radical (unpaired) electrons. The first-order valence-electron chi connectivity index (χ1n) is 5.16. The Hall–Kier alpha value is -1.19. The van der Waals surface area contributed by atoms with Gasteiger partial charge in [0, 0.05) is 10.7 Å². The van der Waals surface area contributed by atoms with Crippen molar-refractivity contribution >= 4 is 15.9 Å². The highest BCUT2D eigenvalue weighted by Gasteiger charge is 2.07. The molecular weight excluding hydrogens is 264 g/mol. The summed E-state index contributed by atoms with van der Waals surface area (Å²) in [6, 6.07) is 14.1. The molecule has 2 rings (SSSR count). The highest BCUT2D eigenvalue weighted by molar-refractivity contribution is 9.10. The van der Waals surface area contributed by atoms with Crippen LogP contribution in [0.1, 0.15) is 17.3 Å². The molecule has 2 aromatic rings. The highest BCUT2D eigenvalue weighted by Crippen LogP contribution is 2.16. The second-order valence-electron chi connectivity index (χ2n) is 3.70. The molecule has 0 aliphatic carbocycles. The molecular formula is C13H13BrN2. The zero-order chi connectivity index (χ0) is 11.4. The summed E-state index contributed by atoms with van der Waals surface area (Å²) < 4.78 is 0.975. The monoisotopic (exact) mass is 276 g/mol. The molecule has 2 N–H and O–H groups in total. The Bertz CT molecular complexity index is 439. The van der Waals surface area contributed by atoms with Gasteiger partial charge in [-0.1, -0.05) is 30.3 Å². The van der Waals surface area contributed by atoms with E-state index in [-0.39, 0.29) is 6.04 Å². The minimum Gasteiger partial charge on any atom is -0.322 e. The number of hydrogen-bond acceptors (Lipinski definition) is 2. The molecule has 0 aliphatic rings. The number of nitrogens with two attached hydrogens (primary N) is 1. The van der Waals surface area contributed by atoms with Gasteiger partial charge in [-0.2, -0.15) is 0 Å². The van der Waals surface area contributed by atoms with Crippen LogP contribution >= 0.6 is 15.9 Å². The van der Waals surface area contributed by atoms with Crippen LogP contribution in [0.5, 0.6) is 0 Å². The third-order valence-corrected chi connectivity index (χ3v) is 2.90. The minimum absolute atomic E-state index is 0.0458. The van der Waals surface area contributed by atoms with Gasteiger partial charge in [0.25, 0.3) is 0 Å². The van der Waals surface area contributed by atoms with Crippen LogP contribution < -0.4 is 5.73 Å². The summed E-state index contributed by atoms with van der Waals surface area (Å²) in [7, 11) is 0. The molecule has 2 nitrogen and oxygen atoms in total. The summed E-state index contributed by atoms with van der Waals surface area (Å²) in [5.41, 5.74) is 8.26. The summed E-state index contributed by atoms with van der Waals surface area (Å²) in [4.78, 5) is 4.30. The van der Waals surface area contributed by atoms with Crippen LogP contribution in [0.3, 0.4) is 0 Å². The fourth-order valence-corrected chi connectivity index (χ4v) is 1.81. The van der Waals surface area contributed by atoms with Gasteiger partial charge in [-0.25, -0.2) is 0 Å². The van der Waals surface area contributed by atoms with Crippen molar-refractivity contribution in [3.8, 4) is 0 Å². The Kier molecular flexibility index (Phi) is 3.70. The summed E-state index contributed by atoms with van der Waals surface area (Å²) >= 11 is 3.36. The summed E-state index contributed by atoms with van der Waals surface area (Å²) in [6.45, 7) is 0. The van der Waals surface area contributed by atoms with Gasteiger partial charge in [0.05, 0.1) is 11.7 Å². The molecule has 0 bridgehead atoms. The van der Waals surface area contributed by atoms with E-state index in [9.17, 15) is 0 Å². The fourth-order valence-electron chi connectivity index (χ4n) is 1.58. The number of pyridine rings is 1. The molecule has 82 valence electrons. The molecule has 0 amide bonds. The van der Waals surface area contributed by atoms with Crippen molar-refractivity contribution in [2.75, 3.05) is 0 Å². The Labute approximate surface area is 104 Å². The van der Waals surface area contributed by atoms with Crippen LogP contribution in [-0.4, -0.2) is 4.98 Å². The van der Waals surface area contributed by atoms with Gasteiger partial charge in [-0.15, -0.1) is 0 Å². The molecule has 3 heteroatoms. The van der Waals surface area contributed by atoms with Gasteiger partial charge in [0.15, 0.2) is 0 Å². The fraction of sp³-hybridized carbons (Fsp3) is 0.154. The number of halogens is 1.